The minimum atomic E-state index is -0.218. The van der Waals surface area contributed by atoms with Gasteiger partial charge in [-0.15, -0.1) is 5.10 Å². The monoisotopic (exact) mass is 205 g/mol. The van der Waals surface area contributed by atoms with Crippen molar-refractivity contribution in [2.45, 2.75) is 31.7 Å². The second-order valence-electron chi connectivity index (χ2n) is 3.88. The van der Waals surface area contributed by atoms with Crippen molar-refractivity contribution in [3.8, 4) is 0 Å². The fraction of sp³-hybridized carbons (Fsp3) is 0.556. The molecule has 0 saturated heterocycles. The van der Waals surface area contributed by atoms with Crippen LogP contribution in [0.1, 0.15) is 31.7 Å². The zero-order valence-corrected chi connectivity index (χ0v) is 8.18. The lowest BCUT2D eigenvalue weighted by atomic mass is 10.2. The lowest BCUT2D eigenvalue weighted by Gasteiger charge is -2.07. The second kappa shape index (κ2) is 3.15. The first kappa shape index (κ1) is 8.58. The lowest BCUT2D eigenvalue weighted by Crippen LogP contribution is -2.10. The molecule has 0 bridgehead atoms. The molecule has 2 aromatic rings. The van der Waals surface area contributed by atoms with Gasteiger partial charge >= 0.3 is 0 Å². The van der Waals surface area contributed by atoms with Gasteiger partial charge < -0.3 is 4.98 Å². The molecule has 3 rings (SSSR count). The molecule has 0 radical (unpaired) electrons. The van der Waals surface area contributed by atoms with E-state index in [1.165, 1.54) is 19.2 Å². The topological polar surface area (TPSA) is 76.5 Å². The minimum Gasteiger partial charge on any atom is -0.311 e. The molecule has 6 heteroatoms. The first-order valence-corrected chi connectivity index (χ1v) is 5.15. The van der Waals surface area contributed by atoms with Crippen LogP contribution < -0.4 is 5.56 Å². The summed E-state index contributed by atoms with van der Waals surface area (Å²) in [7, 11) is 0. The van der Waals surface area contributed by atoms with Gasteiger partial charge in [0.25, 0.3) is 5.56 Å². The van der Waals surface area contributed by atoms with Crippen LogP contribution in [0.4, 0.5) is 0 Å². The molecule has 0 unspecified atom stereocenters. The number of H-pyrrole nitrogens is 1. The molecule has 0 spiro atoms. The van der Waals surface area contributed by atoms with E-state index in [1.807, 2.05) is 0 Å². The van der Waals surface area contributed by atoms with Crippen LogP contribution in [0.25, 0.3) is 11.2 Å². The highest BCUT2D eigenvalue weighted by Gasteiger charge is 2.21. The van der Waals surface area contributed by atoms with E-state index < -0.39 is 0 Å². The van der Waals surface area contributed by atoms with Gasteiger partial charge in [-0.3, -0.25) is 4.79 Å². The Labute approximate surface area is 85.3 Å². The first-order chi connectivity index (χ1) is 7.36. The number of rotatable bonds is 1. The smallest absolute Gasteiger partial charge is 0.280 e. The predicted octanol–water partition coefficient (Wildman–Crippen LogP) is 0.630. The number of nitrogens with zero attached hydrogens (tertiary/aromatic N) is 4. The Morgan fingerprint density at radius 3 is 3.00 bits per heavy atom. The number of nitrogens with one attached hydrogen (secondary N) is 1. The summed E-state index contributed by atoms with van der Waals surface area (Å²) in [5.74, 6) is 0. The molecule has 1 saturated carbocycles. The highest BCUT2D eigenvalue weighted by atomic mass is 16.1. The molecule has 1 fully saturated rings. The van der Waals surface area contributed by atoms with Crippen molar-refractivity contribution in [1.82, 2.24) is 25.0 Å². The third-order valence-corrected chi connectivity index (χ3v) is 2.94. The van der Waals surface area contributed by atoms with Crippen LogP contribution in [0, 0.1) is 0 Å². The van der Waals surface area contributed by atoms with Crippen LogP contribution in [-0.2, 0) is 0 Å². The van der Waals surface area contributed by atoms with Gasteiger partial charge in [0.15, 0.2) is 11.2 Å². The van der Waals surface area contributed by atoms with Gasteiger partial charge in [0.2, 0.25) is 0 Å². The first-order valence-electron chi connectivity index (χ1n) is 5.15. The Hall–Kier alpha value is -1.72. The van der Waals surface area contributed by atoms with Crippen LogP contribution in [-0.4, -0.2) is 25.0 Å². The van der Waals surface area contributed by atoms with Gasteiger partial charge in [-0.1, -0.05) is 18.1 Å². The Morgan fingerprint density at radius 1 is 1.40 bits per heavy atom. The summed E-state index contributed by atoms with van der Waals surface area (Å²) in [5, 5.41) is 7.89. The SMILES string of the molecule is O=c1[nH]cnc2c1nnn2C1CCCC1. The summed E-state index contributed by atoms with van der Waals surface area (Å²) < 4.78 is 1.79. The second-order valence-corrected chi connectivity index (χ2v) is 3.88. The van der Waals surface area contributed by atoms with Crippen molar-refractivity contribution in [2.24, 2.45) is 0 Å². The van der Waals surface area contributed by atoms with Crippen LogP contribution in [0.5, 0.6) is 0 Å². The zero-order valence-electron chi connectivity index (χ0n) is 8.18. The molecule has 2 heterocycles. The average Bonchev–Trinajstić information content (AvgIpc) is 2.85. The number of aromatic nitrogens is 5. The Bertz CT molecular complexity index is 537. The van der Waals surface area contributed by atoms with Gasteiger partial charge in [-0.05, 0) is 12.8 Å². The highest BCUT2D eigenvalue weighted by Crippen LogP contribution is 2.29. The third-order valence-electron chi connectivity index (χ3n) is 2.94. The standard InChI is InChI=1S/C9H11N5O/c15-9-7-8(10-5-11-9)14(13-12-7)6-3-1-2-4-6/h5-6H,1-4H2,(H,10,11,15). The fourth-order valence-corrected chi connectivity index (χ4v) is 2.17. The minimum absolute atomic E-state index is 0.218. The summed E-state index contributed by atoms with van der Waals surface area (Å²) in [6.45, 7) is 0. The lowest BCUT2D eigenvalue weighted by molar-refractivity contribution is 0.464. The van der Waals surface area contributed by atoms with Gasteiger partial charge in [-0.2, -0.15) is 0 Å². The molecular weight excluding hydrogens is 194 g/mol. The van der Waals surface area contributed by atoms with Crippen LogP contribution >= 0.6 is 0 Å². The maximum atomic E-state index is 11.4. The number of fused-ring (bicyclic) bond motifs is 1. The predicted molar refractivity (Wildman–Crippen MR) is 53.4 cm³/mol. The maximum absolute atomic E-state index is 11.4. The number of hydrogen-bond donors (Lipinski definition) is 1. The fourth-order valence-electron chi connectivity index (χ4n) is 2.17. The third kappa shape index (κ3) is 1.25. The summed E-state index contributed by atoms with van der Waals surface area (Å²) in [5.41, 5.74) is 0.722. The van der Waals surface area contributed by atoms with E-state index in [1.54, 1.807) is 4.68 Å². The molecule has 0 aromatic carbocycles. The largest absolute Gasteiger partial charge is 0.311 e. The quantitative estimate of drug-likeness (QED) is 0.740. The molecule has 1 N–H and O–H groups in total. The van der Waals surface area contributed by atoms with Gasteiger partial charge in [0.05, 0.1) is 12.4 Å². The molecular formula is C9H11N5O. The molecule has 1 aliphatic carbocycles. The molecule has 15 heavy (non-hydrogen) atoms. The molecule has 1 aliphatic rings. The van der Waals surface area contributed by atoms with Crippen molar-refractivity contribution in [1.29, 1.82) is 0 Å². The van der Waals surface area contributed by atoms with E-state index in [-0.39, 0.29) is 5.56 Å². The number of aromatic amines is 1. The molecule has 0 aliphatic heterocycles. The van der Waals surface area contributed by atoms with E-state index >= 15 is 0 Å². The maximum Gasteiger partial charge on any atom is 0.280 e. The molecule has 0 atom stereocenters. The van der Waals surface area contributed by atoms with Crippen molar-refractivity contribution < 1.29 is 0 Å². The summed E-state index contributed by atoms with van der Waals surface area (Å²) in [6, 6.07) is 0.365. The Balaban J connectivity index is 2.19. The van der Waals surface area contributed by atoms with Crippen molar-refractivity contribution in [3.63, 3.8) is 0 Å². The van der Waals surface area contributed by atoms with Crippen molar-refractivity contribution >= 4 is 11.2 Å². The molecule has 6 nitrogen and oxygen atoms in total. The van der Waals surface area contributed by atoms with Crippen LogP contribution in [0.2, 0.25) is 0 Å². The van der Waals surface area contributed by atoms with E-state index in [0.717, 1.165) is 12.8 Å². The summed E-state index contributed by atoms with van der Waals surface area (Å²) in [6.07, 6.45) is 6.05. The summed E-state index contributed by atoms with van der Waals surface area (Å²) in [4.78, 5) is 18.0. The zero-order chi connectivity index (χ0) is 10.3. The van der Waals surface area contributed by atoms with E-state index in [2.05, 4.69) is 20.3 Å². The van der Waals surface area contributed by atoms with Crippen LogP contribution in [0.15, 0.2) is 11.1 Å². The van der Waals surface area contributed by atoms with E-state index in [9.17, 15) is 4.79 Å². The summed E-state index contributed by atoms with van der Waals surface area (Å²) >= 11 is 0. The number of hydrogen-bond acceptors (Lipinski definition) is 4. The van der Waals surface area contributed by atoms with Gasteiger partial charge in [-0.25, -0.2) is 9.67 Å². The van der Waals surface area contributed by atoms with Gasteiger partial charge in [0.1, 0.15) is 0 Å². The molecule has 0 amide bonds. The van der Waals surface area contributed by atoms with Crippen LogP contribution in [0.3, 0.4) is 0 Å². The average molecular weight is 205 g/mol. The van der Waals surface area contributed by atoms with Gasteiger partial charge in [0, 0.05) is 0 Å². The van der Waals surface area contributed by atoms with E-state index in [4.69, 9.17) is 0 Å². The molecule has 78 valence electrons. The van der Waals surface area contributed by atoms with E-state index in [0.29, 0.717) is 17.2 Å². The normalized spacial score (nSPS) is 17.6. The van der Waals surface area contributed by atoms with Crippen molar-refractivity contribution in [3.05, 3.63) is 16.7 Å². The molecule has 2 aromatic heterocycles. The Kier molecular flexibility index (Phi) is 1.80. The Morgan fingerprint density at radius 2 is 2.20 bits per heavy atom. The highest BCUT2D eigenvalue weighted by molar-refractivity contribution is 5.67. The van der Waals surface area contributed by atoms with Crippen molar-refractivity contribution in [2.75, 3.05) is 0 Å².